The molecule has 0 aromatic carbocycles. The van der Waals surface area contributed by atoms with Crippen molar-refractivity contribution in [2.45, 2.75) is 50.6 Å². The maximum atomic E-state index is 12.2. The molecule has 0 aliphatic heterocycles. The molecule has 2 aliphatic carbocycles. The highest BCUT2D eigenvalue weighted by Gasteiger charge is 2.22. The number of methoxy groups -OCH3 is 1. The molecule has 1 heterocycles. The lowest BCUT2D eigenvalue weighted by Gasteiger charge is -2.28. The molecule has 0 spiro atoms. The minimum atomic E-state index is -0.0351. The maximum absolute atomic E-state index is 12.2. The Morgan fingerprint density at radius 2 is 1.90 bits per heavy atom. The lowest BCUT2D eigenvalue weighted by Crippen LogP contribution is -2.39. The average molecular weight is 275 g/mol. The van der Waals surface area contributed by atoms with Gasteiger partial charge in [0.1, 0.15) is 5.82 Å². The van der Waals surface area contributed by atoms with E-state index in [-0.39, 0.29) is 5.91 Å². The van der Waals surface area contributed by atoms with E-state index in [1.807, 2.05) is 6.07 Å². The first-order valence-electron chi connectivity index (χ1n) is 7.38. The molecule has 2 fully saturated rings. The van der Waals surface area contributed by atoms with E-state index in [9.17, 15) is 4.79 Å². The third-order valence-electron chi connectivity index (χ3n) is 4.17. The second-order valence-corrected chi connectivity index (χ2v) is 5.66. The van der Waals surface area contributed by atoms with Crippen LogP contribution in [0.25, 0.3) is 0 Å². The van der Waals surface area contributed by atoms with Gasteiger partial charge in [0.15, 0.2) is 0 Å². The molecule has 2 saturated carbocycles. The van der Waals surface area contributed by atoms with Gasteiger partial charge in [-0.2, -0.15) is 4.98 Å². The second kappa shape index (κ2) is 5.69. The zero-order chi connectivity index (χ0) is 13.9. The van der Waals surface area contributed by atoms with Gasteiger partial charge in [0.05, 0.1) is 7.11 Å². The Hall–Kier alpha value is -1.78. The van der Waals surface area contributed by atoms with Gasteiger partial charge in [0.25, 0.3) is 5.91 Å². The van der Waals surface area contributed by atoms with Crippen molar-refractivity contribution in [1.29, 1.82) is 0 Å². The number of rotatable bonds is 5. The first kappa shape index (κ1) is 13.2. The third-order valence-corrected chi connectivity index (χ3v) is 4.17. The van der Waals surface area contributed by atoms with E-state index in [2.05, 4.69) is 15.6 Å². The largest absolute Gasteiger partial charge is 0.481 e. The van der Waals surface area contributed by atoms with Crippen LogP contribution in [0.1, 0.15) is 48.9 Å². The van der Waals surface area contributed by atoms with Crippen molar-refractivity contribution in [2.24, 2.45) is 0 Å². The zero-order valence-corrected chi connectivity index (χ0v) is 11.8. The van der Waals surface area contributed by atoms with Crippen LogP contribution in [0, 0.1) is 0 Å². The molecular formula is C15H21N3O2. The Morgan fingerprint density at radius 1 is 1.20 bits per heavy atom. The van der Waals surface area contributed by atoms with E-state index in [1.165, 1.54) is 25.7 Å². The van der Waals surface area contributed by atoms with Gasteiger partial charge >= 0.3 is 0 Å². The van der Waals surface area contributed by atoms with Crippen molar-refractivity contribution in [2.75, 3.05) is 12.4 Å². The van der Waals surface area contributed by atoms with E-state index < -0.39 is 0 Å². The number of carbonyl (C=O) groups excluding carboxylic acids is 1. The van der Waals surface area contributed by atoms with Crippen LogP contribution in [-0.4, -0.2) is 30.1 Å². The number of hydrogen-bond acceptors (Lipinski definition) is 4. The molecular weight excluding hydrogens is 254 g/mol. The lowest BCUT2D eigenvalue weighted by molar-refractivity contribution is 0.0916. The second-order valence-electron chi connectivity index (χ2n) is 5.66. The van der Waals surface area contributed by atoms with Gasteiger partial charge in [-0.1, -0.05) is 0 Å². The lowest BCUT2D eigenvalue weighted by atomic mass is 9.93. The topological polar surface area (TPSA) is 63.2 Å². The highest BCUT2D eigenvalue weighted by Crippen LogP contribution is 2.25. The summed E-state index contributed by atoms with van der Waals surface area (Å²) in [4.78, 5) is 16.6. The molecule has 0 bridgehead atoms. The smallest absolute Gasteiger partial charge is 0.251 e. The number of carbonyl (C=O) groups is 1. The van der Waals surface area contributed by atoms with Crippen LogP contribution in [0.4, 0.5) is 5.82 Å². The molecule has 0 atom stereocenters. The van der Waals surface area contributed by atoms with E-state index in [0.717, 1.165) is 18.7 Å². The van der Waals surface area contributed by atoms with E-state index in [1.54, 1.807) is 13.2 Å². The molecule has 3 rings (SSSR count). The number of amides is 1. The number of nitrogens with zero attached hydrogens (tertiary/aromatic N) is 1. The standard InChI is InChI=1S/C15H21N3O2/c1-20-14-9-10(15(19)17-12-6-3-7-12)8-13(18-14)16-11-4-2-5-11/h8-9,11-12H,2-7H2,1H3,(H,16,18)(H,17,19). The number of anilines is 1. The summed E-state index contributed by atoms with van der Waals surface area (Å²) >= 11 is 0. The first-order valence-corrected chi connectivity index (χ1v) is 7.38. The van der Waals surface area contributed by atoms with Crippen LogP contribution in [-0.2, 0) is 0 Å². The van der Waals surface area contributed by atoms with Crippen LogP contribution in [0.2, 0.25) is 0 Å². The summed E-state index contributed by atoms with van der Waals surface area (Å²) in [5, 5.41) is 6.40. The fraction of sp³-hybridized carbons (Fsp3) is 0.600. The van der Waals surface area contributed by atoms with Crippen molar-refractivity contribution in [3.05, 3.63) is 17.7 Å². The molecule has 0 unspecified atom stereocenters. The quantitative estimate of drug-likeness (QED) is 0.865. The molecule has 1 aromatic rings. The number of hydrogen-bond donors (Lipinski definition) is 2. The van der Waals surface area contributed by atoms with Crippen molar-refractivity contribution in [3.63, 3.8) is 0 Å². The summed E-state index contributed by atoms with van der Waals surface area (Å²) in [6.07, 6.45) is 6.98. The van der Waals surface area contributed by atoms with Crippen LogP contribution in [0.3, 0.4) is 0 Å². The Balaban J connectivity index is 1.73. The third kappa shape index (κ3) is 2.86. The van der Waals surface area contributed by atoms with Crippen molar-refractivity contribution in [3.8, 4) is 5.88 Å². The first-order chi connectivity index (χ1) is 9.74. The fourth-order valence-corrected chi connectivity index (χ4v) is 2.40. The summed E-state index contributed by atoms with van der Waals surface area (Å²) in [5.41, 5.74) is 0.616. The van der Waals surface area contributed by atoms with Crippen LogP contribution >= 0.6 is 0 Å². The normalized spacial score (nSPS) is 18.9. The zero-order valence-electron chi connectivity index (χ0n) is 11.8. The molecule has 108 valence electrons. The minimum Gasteiger partial charge on any atom is -0.481 e. The molecule has 5 heteroatoms. The number of nitrogens with one attached hydrogen (secondary N) is 2. The molecule has 1 aromatic heterocycles. The molecule has 5 nitrogen and oxygen atoms in total. The van der Waals surface area contributed by atoms with E-state index in [0.29, 0.717) is 23.5 Å². The van der Waals surface area contributed by atoms with Gasteiger partial charge in [-0.15, -0.1) is 0 Å². The van der Waals surface area contributed by atoms with Crippen LogP contribution in [0.5, 0.6) is 5.88 Å². The average Bonchev–Trinajstić information content (AvgIpc) is 2.37. The van der Waals surface area contributed by atoms with Gasteiger partial charge in [-0.25, -0.2) is 0 Å². The van der Waals surface area contributed by atoms with Gasteiger partial charge in [-0.05, 0) is 44.6 Å². The number of aromatic nitrogens is 1. The van der Waals surface area contributed by atoms with E-state index in [4.69, 9.17) is 4.74 Å². The van der Waals surface area contributed by atoms with E-state index >= 15 is 0 Å². The summed E-state index contributed by atoms with van der Waals surface area (Å²) in [6.45, 7) is 0. The summed E-state index contributed by atoms with van der Waals surface area (Å²) in [7, 11) is 1.57. The van der Waals surface area contributed by atoms with Crippen molar-refractivity contribution in [1.82, 2.24) is 10.3 Å². The van der Waals surface area contributed by atoms with Crippen molar-refractivity contribution >= 4 is 11.7 Å². The fourth-order valence-electron chi connectivity index (χ4n) is 2.40. The van der Waals surface area contributed by atoms with Gasteiger partial charge < -0.3 is 15.4 Å². The maximum Gasteiger partial charge on any atom is 0.251 e. The Bertz CT molecular complexity index is 496. The Labute approximate surface area is 119 Å². The number of ether oxygens (including phenoxy) is 1. The van der Waals surface area contributed by atoms with Crippen LogP contribution < -0.4 is 15.4 Å². The van der Waals surface area contributed by atoms with Gasteiger partial charge in [-0.3, -0.25) is 4.79 Å². The molecule has 1 amide bonds. The molecule has 0 radical (unpaired) electrons. The minimum absolute atomic E-state index is 0.0351. The van der Waals surface area contributed by atoms with Gasteiger partial charge in [0, 0.05) is 23.7 Å². The highest BCUT2D eigenvalue weighted by atomic mass is 16.5. The molecule has 2 aliphatic rings. The predicted octanol–water partition coefficient (Wildman–Crippen LogP) is 2.34. The summed E-state index contributed by atoms with van der Waals surface area (Å²) < 4.78 is 5.19. The molecule has 20 heavy (non-hydrogen) atoms. The Morgan fingerprint density at radius 3 is 2.45 bits per heavy atom. The molecule has 0 saturated heterocycles. The summed E-state index contributed by atoms with van der Waals surface area (Å²) in [5.74, 6) is 1.17. The highest BCUT2D eigenvalue weighted by molar-refractivity contribution is 5.95. The van der Waals surface area contributed by atoms with Gasteiger partial charge in [0.2, 0.25) is 5.88 Å². The summed E-state index contributed by atoms with van der Waals surface area (Å²) in [6, 6.07) is 4.33. The monoisotopic (exact) mass is 275 g/mol. The van der Waals surface area contributed by atoms with Crippen LogP contribution in [0.15, 0.2) is 12.1 Å². The van der Waals surface area contributed by atoms with Crippen molar-refractivity contribution < 1.29 is 9.53 Å². The number of pyridine rings is 1. The Kier molecular flexibility index (Phi) is 3.76. The predicted molar refractivity (Wildman–Crippen MR) is 77.2 cm³/mol. The SMILES string of the molecule is COc1cc(C(=O)NC2CCC2)cc(NC2CCC2)n1. The molecule has 2 N–H and O–H groups in total.